The monoisotopic (exact) mass is 425 g/mol. The Morgan fingerprint density at radius 3 is 1.64 bits per heavy atom. The number of aliphatic hydroxyl groups is 2. The topological polar surface area (TPSA) is 92.6 Å². The van der Waals surface area contributed by atoms with Crippen molar-refractivity contribution >= 4 is 5.97 Å². The van der Waals surface area contributed by atoms with Crippen molar-refractivity contribution in [3.8, 4) is 0 Å². The van der Waals surface area contributed by atoms with Crippen LogP contribution in [0.3, 0.4) is 0 Å². The van der Waals surface area contributed by atoms with Gasteiger partial charge in [-0.15, -0.1) is 0 Å². The zero-order chi connectivity index (χ0) is 20.4. The van der Waals surface area contributed by atoms with E-state index in [0.29, 0.717) is 13.1 Å². The van der Waals surface area contributed by atoms with Gasteiger partial charge < -0.3 is 25.4 Å². The van der Waals surface area contributed by atoms with E-state index >= 15 is 0 Å². The fourth-order valence-corrected chi connectivity index (χ4v) is 2.62. The molecule has 0 atom stereocenters. The number of carbonyl (C=O) groups is 1. The molecule has 6 heteroatoms. The van der Waals surface area contributed by atoms with Crippen LogP contribution in [-0.2, 0) is 4.79 Å². The third-order valence-electron chi connectivity index (χ3n) is 4.22. The molecule has 162 valence electrons. The minimum atomic E-state index is -0.914. The predicted molar refractivity (Wildman–Crippen MR) is 112 cm³/mol. The van der Waals surface area contributed by atoms with Crippen molar-refractivity contribution in [3.63, 3.8) is 0 Å². The molecule has 28 heavy (non-hydrogen) atoms. The van der Waals surface area contributed by atoms with E-state index in [1.807, 2.05) is 0 Å². The van der Waals surface area contributed by atoms with Gasteiger partial charge in [0.05, 0.1) is 13.2 Å². The van der Waals surface area contributed by atoms with E-state index in [2.05, 4.69) is 24.4 Å². The maximum absolute atomic E-state index is 10.2. The molecule has 5 nitrogen and oxygen atoms in total. The summed E-state index contributed by atoms with van der Waals surface area (Å²) in [6.45, 7) is 3.67. The van der Waals surface area contributed by atoms with Crippen LogP contribution in [-0.4, -0.2) is 42.5 Å². The standard InChI is InChI=1S/C18H34O2.C4H11NO2.K/c1-2-3-4-5-6-7-8-9-10-11-12-13-14-15-16-17-18(19)20;6-3-1-5-2-4-7;/h9-10H,2-8,11-17H2,1H3,(H,19,20);5-7H,1-4H2;/q;;+1/p-1/b10-9-;;. The molecule has 0 aromatic rings. The Hall–Kier alpha value is 0.726. The van der Waals surface area contributed by atoms with Crippen LogP contribution >= 0.6 is 0 Å². The van der Waals surface area contributed by atoms with Crippen molar-refractivity contribution in [1.29, 1.82) is 0 Å². The van der Waals surface area contributed by atoms with Crippen LogP contribution < -0.4 is 61.8 Å². The summed E-state index contributed by atoms with van der Waals surface area (Å²) in [6.07, 6.45) is 20.9. The Morgan fingerprint density at radius 2 is 1.21 bits per heavy atom. The van der Waals surface area contributed by atoms with Gasteiger partial charge in [0.1, 0.15) is 0 Å². The molecular formula is C22H44KNO4. The van der Waals surface area contributed by atoms with Crippen LogP contribution in [0.2, 0.25) is 0 Å². The first-order chi connectivity index (χ1) is 13.2. The molecule has 0 heterocycles. The van der Waals surface area contributed by atoms with E-state index in [0.717, 1.165) is 19.3 Å². The van der Waals surface area contributed by atoms with Crippen molar-refractivity contribution in [2.45, 2.75) is 96.8 Å². The molecule has 0 aliphatic rings. The van der Waals surface area contributed by atoms with Crippen molar-refractivity contribution in [2.24, 2.45) is 0 Å². The maximum Gasteiger partial charge on any atom is 1.00 e. The number of carboxylic acid groups (broad SMARTS) is 1. The number of aliphatic hydroxyl groups excluding tert-OH is 2. The van der Waals surface area contributed by atoms with E-state index in [1.54, 1.807) is 0 Å². The van der Waals surface area contributed by atoms with Gasteiger partial charge in [0.15, 0.2) is 0 Å². The summed E-state index contributed by atoms with van der Waals surface area (Å²) >= 11 is 0. The van der Waals surface area contributed by atoms with E-state index in [4.69, 9.17) is 10.2 Å². The van der Waals surface area contributed by atoms with Crippen LogP contribution in [0.5, 0.6) is 0 Å². The molecule has 3 N–H and O–H groups in total. The van der Waals surface area contributed by atoms with Crippen LogP contribution in [0.4, 0.5) is 0 Å². The summed E-state index contributed by atoms with van der Waals surface area (Å²) in [7, 11) is 0. The number of hydrogen-bond acceptors (Lipinski definition) is 5. The number of aliphatic carboxylic acids is 1. The molecule has 0 rings (SSSR count). The second kappa shape index (κ2) is 32.4. The van der Waals surface area contributed by atoms with Crippen LogP contribution in [0.15, 0.2) is 12.2 Å². The quantitative estimate of drug-likeness (QED) is 0.158. The second-order valence-electron chi connectivity index (χ2n) is 6.90. The van der Waals surface area contributed by atoms with Crippen LogP contribution in [0.25, 0.3) is 0 Å². The molecule has 0 unspecified atom stereocenters. The number of nitrogens with one attached hydrogen (secondary N) is 1. The first kappa shape index (κ1) is 33.4. The molecule has 0 aliphatic heterocycles. The Labute approximate surface area is 216 Å². The third-order valence-corrected chi connectivity index (χ3v) is 4.22. The van der Waals surface area contributed by atoms with Gasteiger partial charge >= 0.3 is 51.4 Å². The molecule has 0 aromatic heterocycles. The SMILES string of the molecule is CCCCCCCC/C=C\CCCCCCCC(=O)[O-].OCCNCCO.[K+]. The number of unbranched alkanes of at least 4 members (excludes halogenated alkanes) is 11. The van der Waals surface area contributed by atoms with Crippen molar-refractivity contribution in [1.82, 2.24) is 5.32 Å². The Morgan fingerprint density at radius 1 is 0.786 bits per heavy atom. The van der Waals surface area contributed by atoms with Gasteiger partial charge in [0.25, 0.3) is 0 Å². The van der Waals surface area contributed by atoms with Gasteiger partial charge in [0, 0.05) is 19.1 Å². The zero-order valence-corrected chi connectivity index (χ0v) is 21.7. The van der Waals surface area contributed by atoms with Crippen molar-refractivity contribution < 1.29 is 71.5 Å². The van der Waals surface area contributed by atoms with E-state index in [9.17, 15) is 9.90 Å². The minimum absolute atomic E-state index is 0. The predicted octanol–water partition coefficient (Wildman–Crippen LogP) is 0.338. The van der Waals surface area contributed by atoms with Gasteiger partial charge in [-0.1, -0.05) is 70.4 Å². The van der Waals surface area contributed by atoms with Gasteiger partial charge in [-0.05, 0) is 38.5 Å². The molecule has 0 bridgehead atoms. The Kier molecular flexibility index (Phi) is 38.6. The van der Waals surface area contributed by atoms with Crippen LogP contribution in [0, 0.1) is 0 Å². The molecule has 0 aliphatic carbocycles. The van der Waals surface area contributed by atoms with Crippen molar-refractivity contribution in [3.05, 3.63) is 12.2 Å². The zero-order valence-electron chi connectivity index (χ0n) is 18.6. The van der Waals surface area contributed by atoms with Gasteiger partial charge in [-0.3, -0.25) is 0 Å². The fraction of sp³-hybridized carbons (Fsp3) is 0.864. The first-order valence-electron chi connectivity index (χ1n) is 11.0. The van der Waals surface area contributed by atoms with E-state index < -0.39 is 5.97 Å². The van der Waals surface area contributed by atoms with E-state index in [1.165, 1.54) is 64.2 Å². The van der Waals surface area contributed by atoms with Crippen molar-refractivity contribution in [2.75, 3.05) is 26.3 Å². The first-order valence-corrected chi connectivity index (χ1v) is 11.0. The van der Waals surface area contributed by atoms with Gasteiger partial charge in [-0.25, -0.2) is 0 Å². The summed E-state index contributed by atoms with van der Waals surface area (Å²) in [5.41, 5.74) is 0. The van der Waals surface area contributed by atoms with Crippen LogP contribution in [0.1, 0.15) is 96.8 Å². The summed E-state index contributed by atoms with van der Waals surface area (Å²) in [5, 5.41) is 29.3. The van der Waals surface area contributed by atoms with Gasteiger partial charge in [0.2, 0.25) is 0 Å². The summed E-state index contributed by atoms with van der Waals surface area (Å²) in [4.78, 5) is 10.2. The Balaban J connectivity index is -0.000000665. The number of rotatable bonds is 19. The fourth-order valence-electron chi connectivity index (χ4n) is 2.62. The largest absolute Gasteiger partial charge is 1.00 e. The smallest absolute Gasteiger partial charge is 0.550 e. The molecular weight excluding hydrogens is 381 g/mol. The molecule has 0 spiro atoms. The molecule has 0 amide bonds. The normalized spacial score (nSPS) is 10.4. The molecule has 0 saturated carbocycles. The average molecular weight is 426 g/mol. The number of carbonyl (C=O) groups excluding carboxylic acids is 1. The number of hydrogen-bond donors (Lipinski definition) is 3. The summed E-state index contributed by atoms with van der Waals surface area (Å²) < 4.78 is 0. The summed E-state index contributed by atoms with van der Waals surface area (Å²) in [5.74, 6) is -0.914. The second-order valence-corrected chi connectivity index (χ2v) is 6.90. The molecule has 0 fully saturated rings. The molecule has 0 aromatic carbocycles. The minimum Gasteiger partial charge on any atom is -0.550 e. The molecule has 0 saturated heterocycles. The van der Waals surface area contributed by atoms with E-state index in [-0.39, 0.29) is 71.0 Å². The average Bonchev–Trinajstić information content (AvgIpc) is 2.65. The number of allylic oxidation sites excluding steroid dienone is 2. The number of carboxylic acids is 1. The van der Waals surface area contributed by atoms with Gasteiger partial charge in [-0.2, -0.15) is 0 Å². The summed E-state index contributed by atoms with van der Waals surface area (Å²) in [6, 6.07) is 0. The maximum atomic E-state index is 10.2. The third kappa shape index (κ3) is 37.5. The Bertz CT molecular complexity index is 311. The molecule has 0 radical (unpaired) electrons.